The van der Waals surface area contributed by atoms with E-state index < -0.39 is 0 Å². The minimum Gasteiger partial charge on any atom is -0.396 e. The Hall–Kier alpha value is -0.650. The standard InChI is InChI=1S/C15H29N3O2/c16-14-5-7-18(8-6-14)10-15(20)17-9-12-3-1-2-4-13(12)11-19/h12-14,19H,1-11,16H2,(H,17,20). The quantitative estimate of drug-likeness (QED) is 0.679. The first-order chi connectivity index (χ1) is 9.69. The molecule has 0 spiro atoms. The summed E-state index contributed by atoms with van der Waals surface area (Å²) in [5.41, 5.74) is 5.86. The van der Waals surface area contributed by atoms with Crippen molar-refractivity contribution in [1.29, 1.82) is 0 Å². The maximum absolute atomic E-state index is 12.0. The van der Waals surface area contributed by atoms with Crippen molar-refractivity contribution in [2.24, 2.45) is 17.6 Å². The van der Waals surface area contributed by atoms with Crippen molar-refractivity contribution < 1.29 is 9.90 Å². The molecule has 2 atom stereocenters. The monoisotopic (exact) mass is 283 g/mol. The molecule has 0 aromatic carbocycles. The van der Waals surface area contributed by atoms with E-state index in [1.54, 1.807) is 0 Å². The summed E-state index contributed by atoms with van der Waals surface area (Å²) < 4.78 is 0. The highest BCUT2D eigenvalue weighted by Gasteiger charge is 2.25. The fourth-order valence-electron chi connectivity index (χ4n) is 3.41. The van der Waals surface area contributed by atoms with E-state index in [9.17, 15) is 9.90 Å². The Kier molecular flexibility index (Phi) is 6.26. The topological polar surface area (TPSA) is 78.6 Å². The summed E-state index contributed by atoms with van der Waals surface area (Å²) in [4.78, 5) is 14.2. The lowest BCUT2D eigenvalue weighted by atomic mass is 9.79. The van der Waals surface area contributed by atoms with E-state index in [4.69, 9.17) is 5.73 Å². The Morgan fingerprint density at radius 1 is 1.15 bits per heavy atom. The summed E-state index contributed by atoms with van der Waals surface area (Å²) in [6.07, 6.45) is 6.64. The first-order valence-electron chi connectivity index (χ1n) is 8.04. The third-order valence-corrected chi connectivity index (χ3v) is 4.86. The highest BCUT2D eigenvalue weighted by molar-refractivity contribution is 5.78. The first kappa shape index (κ1) is 15.7. The lowest BCUT2D eigenvalue weighted by Gasteiger charge is -2.31. The molecule has 4 N–H and O–H groups in total. The minimum absolute atomic E-state index is 0.114. The predicted octanol–water partition coefficient (Wildman–Crippen LogP) is 0.324. The summed E-state index contributed by atoms with van der Waals surface area (Å²) in [6, 6.07) is 0.307. The van der Waals surface area contributed by atoms with Gasteiger partial charge in [-0.3, -0.25) is 9.69 Å². The van der Waals surface area contributed by atoms with Crippen LogP contribution in [0.3, 0.4) is 0 Å². The Labute approximate surface area is 121 Å². The molecule has 2 aliphatic rings. The Bertz CT molecular complexity index is 303. The first-order valence-corrected chi connectivity index (χ1v) is 8.04. The van der Waals surface area contributed by atoms with Gasteiger partial charge in [-0.1, -0.05) is 12.8 Å². The largest absolute Gasteiger partial charge is 0.396 e. The van der Waals surface area contributed by atoms with Gasteiger partial charge in [-0.15, -0.1) is 0 Å². The highest BCUT2D eigenvalue weighted by atomic mass is 16.3. The van der Waals surface area contributed by atoms with Crippen LogP contribution < -0.4 is 11.1 Å². The Balaban J connectivity index is 1.66. The number of aliphatic hydroxyl groups is 1. The normalized spacial score (nSPS) is 29.3. The van der Waals surface area contributed by atoms with E-state index >= 15 is 0 Å². The summed E-state index contributed by atoms with van der Waals surface area (Å²) in [7, 11) is 0. The minimum atomic E-state index is 0.114. The van der Waals surface area contributed by atoms with Gasteiger partial charge in [-0.05, 0) is 37.5 Å². The molecular weight excluding hydrogens is 254 g/mol. The smallest absolute Gasteiger partial charge is 0.234 e. The molecule has 1 aliphatic heterocycles. The lowest BCUT2D eigenvalue weighted by molar-refractivity contribution is -0.122. The van der Waals surface area contributed by atoms with Crippen molar-refractivity contribution in [2.45, 2.75) is 44.6 Å². The van der Waals surface area contributed by atoms with Crippen LogP contribution in [-0.2, 0) is 4.79 Å². The van der Waals surface area contributed by atoms with Crippen molar-refractivity contribution in [3.63, 3.8) is 0 Å². The zero-order chi connectivity index (χ0) is 14.4. The van der Waals surface area contributed by atoms with Crippen LogP contribution >= 0.6 is 0 Å². The second kappa shape index (κ2) is 7.96. The molecule has 1 amide bonds. The van der Waals surface area contributed by atoms with E-state index in [2.05, 4.69) is 10.2 Å². The van der Waals surface area contributed by atoms with Gasteiger partial charge in [-0.2, -0.15) is 0 Å². The number of rotatable bonds is 5. The molecule has 1 heterocycles. The van der Waals surface area contributed by atoms with E-state index in [1.165, 1.54) is 12.8 Å². The van der Waals surface area contributed by atoms with E-state index in [1.807, 2.05) is 0 Å². The van der Waals surface area contributed by atoms with Crippen LogP contribution in [0.5, 0.6) is 0 Å². The van der Waals surface area contributed by atoms with Gasteiger partial charge in [0.05, 0.1) is 6.54 Å². The SMILES string of the molecule is NC1CCN(CC(=O)NCC2CCCCC2CO)CC1. The number of carbonyl (C=O) groups excluding carboxylic acids is 1. The van der Waals surface area contributed by atoms with Gasteiger partial charge in [0, 0.05) is 32.3 Å². The molecule has 2 fully saturated rings. The fraction of sp³-hybridized carbons (Fsp3) is 0.933. The van der Waals surface area contributed by atoms with Gasteiger partial charge < -0.3 is 16.2 Å². The molecule has 1 saturated carbocycles. The van der Waals surface area contributed by atoms with Gasteiger partial charge in [0.2, 0.25) is 5.91 Å². The molecule has 2 unspecified atom stereocenters. The molecular formula is C15H29N3O2. The second-order valence-electron chi connectivity index (χ2n) is 6.40. The number of hydrogen-bond acceptors (Lipinski definition) is 4. The molecule has 5 heteroatoms. The predicted molar refractivity (Wildman–Crippen MR) is 79.2 cm³/mol. The van der Waals surface area contributed by atoms with Gasteiger partial charge in [-0.25, -0.2) is 0 Å². The number of amides is 1. The Morgan fingerprint density at radius 3 is 2.45 bits per heavy atom. The van der Waals surface area contributed by atoms with E-state index in [-0.39, 0.29) is 12.5 Å². The molecule has 1 aliphatic carbocycles. The number of carbonyl (C=O) groups is 1. The highest BCUT2D eigenvalue weighted by Crippen LogP contribution is 2.29. The Morgan fingerprint density at radius 2 is 1.80 bits per heavy atom. The zero-order valence-corrected chi connectivity index (χ0v) is 12.4. The van der Waals surface area contributed by atoms with Crippen molar-refractivity contribution in [3.05, 3.63) is 0 Å². The number of nitrogens with zero attached hydrogens (tertiary/aromatic N) is 1. The van der Waals surface area contributed by atoms with Gasteiger partial charge >= 0.3 is 0 Å². The van der Waals surface area contributed by atoms with Gasteiger partial charge in [0.1, 0.15) is 0 Å². The number of nitrogens with two attached hydrogens (primary N) is 1. The lowest BCUT2D eigenvalue weighted by Crippen LogP contribution is -2.45. The summed E-state index contributed by atoms with van der Waals surface area (Å²) in [5, 5.41) is 12.4. The fourth-order valence-corrected chi connectivity index (χ4v) is 3.41. The summed E-state index contributed by atoms with van der Waals surface area (Å²) in [6.45, 7) is 3.32. The number of aliphatic hydroxyl groups excluding tert-OH is 1. The molecule has 5 nitrogen and oxygen atoms in total. The average molecular weight is 283 g/mol. The summed E-state index contributed by atoms with van der Waals surface area (Å²) >= 11 is 0. The third-order valence-electron chi connectivity index (χ3n) is 4.86. The van der Waals surface area contributed by atoms with Crippen molar-refractivity contribution in [3.8, 4) is 0 Å². The van der Waals surface area contributed by atoms with Gasteiger partial charge in [0.25, 0.3) is 0 Å². The van der Waals surface area contributed by atoms with E-state index in [0.717, 1.165) is 45.3 Å². The third kappa shape index (κ3) is 4.72. The maximum atomic E-state index is 12.0. The maximum Gasteiger partial charge on any atom is 0.234 e. The van der Waals surface area contributed by atoms with Crippen LogP contribution in [0.2, 0.25) is 0 Å². The number of likely N-dealkylation sites (tertiary alicyclic amines) is 1. The molecule has 0 bridgehead atoms. The van der Waals surface area contributed by atoms with Crippen molar-refractivity contribution in [2.75, 3.05) is 32.8 Å². The van der Waals surface area contributed by atoms with E-state index in [0.29, 0.717) is 24.4 Å². The summed E-state index contributed by atoms with van der Waals surface area (Å²) in [5.74, 6) is 0.937. The molecule has 20 heavy (non-hydrogen) atoms. The number of nitrogens with one attached hydrogen (secondary N) is 1. The van der Waals surface area contributed by atoms with Crippen LogP contribution in [0.25, 0.3) is 0 Å². The molecule has 0 aromatic heterocycles. The molecule has 2 rings (SSSR count). The number of hydrogen-bond donors (Lipinski definition) is 3. The van der Waals surface area contributed by atoms with Gasteiger partial charge in [0.15, 0.2) is 0 Å². The van der Waals surface area contributed by atoms with Crippen LogP contribution in [0, 0.1) is 11.8 Å². The molecule has 0 aromatic rings. The van der Waals surface area contributed by atoms with Crippen LogP contribution in [0.1, 0.15) is 38.5 Å². The van der Waals surface area contributed by atoms with Crippen LogP contribution in [-0.4, -0.2) is 54.7 Å². The molecule has 0 radical (unpaired) electrons. The van der Waals surface area contributed by atoms with Crippen molar-refractivity contribution >= 4 is 5.91 Å². The van der Waals surface area contributed by atoms with Crippen LogP contribution in [0.15, 0.2) is 0 Å². The zero-order valence-electron chi connectivity index (χ0n) is 12.4. The van der Waals surface area contributed by atoms with Crippen molar-refractivity contribution in [1.82, 2.24) is 10.2 Å². The second-order valence-corrected chi connectivity index (χ2v) is 6.40. The average Bonchev–Trinajstić information content (AvgIpc) is 2.48. The van der Waals surface area contributed by atoms with Crippen LogP contribution in [0.4, 0.5) is 0 Å². The molecule has 1 saturated heterocycles. The number of piperidine rings is 1. The molecule has 116 valence electrons.